The van der Waals surface area contributed by atoms with Crippen LogP contribution in [0.3, 0.4) is 0 Å². The van der Waals surface area contributed by atoms with Gasteiger partial charge < -0.3 is 19.9 Å². The highest BCUT2D eigenvalue weighted by Gasteiger charge is 2.34. The number of rotatable bonds is 7. The van der Waals surface area contributed by atoms with Gasteiger partial charge in [-0.3, -0.25) is 0 Å². The van der Waals surface area contributed by atoms with E-state index in [1.807, 2.05) is 64.1 Å². The molecule has 1 amide bonds. The van der Waals surface area contributed by atoms with Gasteiger partial charge in [-0.2, -0.15) is 0 Å². The van der Waals surface area contributed by atoms with Gasteiger partial charge >= 0.3 is 12.1 Å². The van der Waals surface area contributed by atoms with Gasteiger partial charge in [-0.05, 0) is 49.9 Å². The number of hydrogen-bond acceptors (Lipinski definition) is 4. The van der Waals surface area contributed by atoms with E-state index in [0.29, 0.717) is 0 Å². The molecule has 0 saturated heterocycles. The van der Waals surface area contributed by atoms with E-state index in [2.05, 4.69) is 17.4 Å². The first-order valence-corrected chi connectivity index (χ1v) is 10.6. The summed E-state index contributed by atoms with van der Waals surface area (Å²) >= 11 is 0. The highest BCUT2D eigenvalue weighted by Crippen LogP contribution is 2.44. The number of ether oxygens (including phenoxy) is 2. The molecule has 0 aliphatic heterocycles. The van der Waals surface area contributed by atoms with Crippen LogP contribution in [0.15, 0.2) is 48.5 Å². The van der Waals surface area contributed by atoms with Crippen molar-refractivity contribution in [2.24, 2.45) is 5.92 Å². The predicted octanol–water partition coefficient (Wildman–Crippen LogP) is 4.82. The van der Waals surface area contributed by atoms with E-state index < -0.39 is 29.6 Å². The Morgan fingerprint density at radius 2 is 1.52 bits per heavy atom. The number of carboxylic acid groups (broad SMARTS) is 1. The molecule has 2 N–H and O–H groups in total. The van der Waals surface area contributed by atoms with Crippen molar-refractivity contribution in [2.45, 2.75) is 58.3 Å². The fourth-order valence-corrected chi connectivity index (χ4v) is 4.12. The fraction of sp³-hybridized carbons (Fsp3) is 0.440. The maximum absolute atomic E-state index is 12.5. The van der Waals surface area contributed by atoms with Crippen LogP contribution in [0.5, 0.6) is 0 Å². The summed E-state index contributed by atoms with van der Waals surface area (Å²) in [5.41, 5.74) is 4.06. The molecule has 6 nitrogen and oxygen atoms in total. The van der Waals surface area contributed by atoms with Gasteiger partial charge in [-0.1, -0.05) is 55.5 Å². The summed E-state index contributed by atoms with van der Waals surface area (Å²) in [7, 11) is 0. The highest BCUT2D eigenvalue weighted by molar-refractivity contribution is 5.81. The van der Waals surface area contributed by atoms with Crippen LogP contribution in [0.2, 0.25) is 0 Å². The molecule has 0 saturated carbocycles. The second-order valence-electron chi connectivity index (χ2n) is 9.08. The number of carboxylic acids is 1. The molecule has 1 aliphatic rings. The van der Waals surface area contributed by atoms with Crippen molar-refractivity contribution in [3.05, 3.63) is 59.7 Å². The number of alkyl carbamates (subject to hydrolysis) is 1. The van der Waals surface area contributed by atoms with Crippen molar-refractivity contribution < 1.29 is 24.2 Å². The molecular formula is C25H31NO5. The third-order valence-corrected chi connectivity index (χ3v) is 5.69. The SMILES string of the molecule is C[C@H]([C@H](C)OC(C)(C)C)[C@H](NC(=O)OCC1c2ccccc2-c2ccccc21)C(=O)O. The zero-order chi connectivity index (χ0) is 22.8. The van der Waals surface area contributed by atoms with E-state index in [-0.39, 0.29) is 18.6 Å². The first-order valence-electron chi connectivity index (χ1n) is 10.6. The topological polar surface area (TPSA) is 84.9 Å². The lowest BCUT2D eigenvalue weighted by Gasteiger charge is -2.32. The molecule has 0 bridgehead atoms. The summed E-state index contributed by atoms with van der Waals surface area (Å²) in [6.45, 7) is 9.42. The third kappa shape index (κ3) is 5.25. The number of amides is 1. The predicted molar refractivity (Wildman–Crippen MR) is 119 cm³/mol. The lowest BCUT2D eigenvalue weighted by Crippen LogP contribution is -2.49. The van der Waals surface area contributed by atoms with Crippen molar-refractivity contribution in [1.29, 1.82) is 0 Å². The monoisotopic (exact) mass is 425 g/mol. The van der Waals surface area contributed by atoms with E-state index in [1.54, 1.807) is 6.92 Å². The molecule has 2 aromatic rings. The van der Waals surface area contributed by atoms with Crippen LogP contribution in [-0.2, 0) is 14.3 Å². The minimum atomic E-state index is -1.12. The van der Waals surface area contributed by atoms with Gasteiger partial charge in [0.15, 0.2) is 0 Å². The van der Waals surface area contributed by atoms with Gasteiger partial charge in [0.2, 0.25) is 0 Å². The first-order chi connectivity index (χ1) is 14.6. The van der Waals surface area contributed by atoms with Crippen molar-refractivity contribution in [3.8, 4) is 11.1 Å². The largest absolute Gasteiger partial charge is 0.480 e. The summed E-state index contributed by atoms with van der Waals surface area (Å²) in [6.07, 6.45) is -1.11. The molecule has 0 unspecified atom stereocenters. The lowest BCUT2D eigenvalue weighted by atomic mass is 9.96. The molecule has 3 rings (SSSR count). The molecule has 2 aromatic carbocycles. The number of carbonyl (C=O) groups excluding carboxylic acids is 1. The van der Waals surface area contributed by atoms with Crippen LogP contribution in [0.25, 0.3) is 11.1 Å². The first kappa shape index (κ1) is 22.8. The van der Waals surface area contributed by atoms with Crippen molar-refractivity contribution in [2.75, 3.05) is 6.61 Å². The minimum Gasteiger partial charge on any atom is -0.480 e. The molecule has 31 heavy (non-hydrogen) atoms. The van der Waals surface area contributed by atoms with Gasteiger partial charge in [-0.15, -0.1) is 0 Å². The molecule has 0 heterocycles. The zero-order valence-electron chi connectivity index (χ0n) is 18.7. The molecule has 3 atom stereocenters. The Bertz CT molecular complexity index is 903. The Kier molecular flexibility index (Phi) is 6.70. The van der Waals surface area contributed by atoms with Gasteiger partial charge in [0, 0.05) is 11.8 Å². The maximum atomic E-state index is 12.5. The molecule has 0 fully saturated rings. The highest BCUT2D eigenvalue weighted by atomic mass is 16.5. The Labute approximate surface area is 183 Å². The Hall–Kier alpha value is -2.86. The Morgan fingerprint density at radius 3 is 2.00 bits per heavy atom. The summed E-state index contributed by atoms with van der Waals surface area (Å²) < 4.78 is 11.4. The van der Waals surface area contributed by atoms with E-state index in [0.717, 1.165) is 22.3 Å². The number of aliphatic carboxylic acids is 1. The fourth-order valence-electron chi connectivity index (χ4n) is 4.12. The molecule has 1 aliphatic carbocycles. The number of fused-ring (bicyclic) bond motifs is 3. The maximum Gasteiger partial charge on any atom is 0.407 e. The van der Waals surface area contributed by atoms with Gasteiger partial charge in [0.25, 0.3) is 0 Å². The van der Waals surface area contributed by atoms with Crippen LogP contribution >= 0.6 is 0 Å². The van der Waals surface area contributed by atoms with Crippen LogP contribution in [-0.4, -0.2) is 41.5 Å². The van der Waals surface area contributed by atoms with Crippen molar-refractivity contribution in [3.63, 3.8) is 0 Å². The van der Waals surface area contributed by atoms with Crippen LogP contribution in [0.1, 0.15) is 51.7 Å². The number of benzene rings is 2. The van der Waals surface area contributed by atoms with Crippen molar-refractivity contribution >= 4 is 12.1 Å². The summed E-state index contributed by atoms with van der Waals surface area (Å²) in [4.78, 5) is 24.3. The zero-order valence-corrected chi connectivity index (χ0v) is 18.7. The minimum absolute atomic E-state index is 0.0815. The molecule has 0 radical (unpaired) electrons. The van der Waals surface area contributed by atoms with E-state index in [1.165, 1.54) is 0 Å². The summed E-state index contributed by atoms with van der Waals surface area (Å²) in [5, 5.41) is 12.2. The number of hydrogen-bond donors (Lipinski definition) is 2. The van der Waals surface area contributed by atoms with Gasteiger partial charge in [0.1, 0.15) is 12.6 Å². The lowest BCUT2D eigenvalue weighted by molar-refractivity contribution is -0.144. The average molecular weight is 426 g/mol. The van der Waals surface area contributed by atoms with Crippen molar-refractivity contribution in [1.82, 2.24) is 5.32 Å². The standard InChI is InChI=1S/C25H31NO5/c1-15(16(2)31-25(3,4)5)22(23(27)28)26-24(29)30-14-21-19-12-8-6-10-17(19)18-11-7-9-13-20(18)21/h6-13,15-16,21-22H,14H2,1-5H3,(H,26,29)(H,27,28)/t15-,16+,22+/m1/s1. The van der Waals surface area contributed by atoms with Gasteiger partial charge in [0.05, 0.1) is 11.7 Å². The second kappa shape index (κ2) is 9.10. The second-order valence-corrected chi connectivity index (χ2v) is 9.08. The molecule has 0 aromatic heterocycles. The molecular weight excluding hydrogens is 394 g/mol. The number of nitrogens with one attached hydrogen (secondary N) is 1. The molecule has 0 spiro atoms. The summed E-state index contributed by atoms with van der Waals surface area (Å²) in [6, 6.07) is 15.0. The third-order valence-electron chi connectivity index (χ3n) is 5.69. The van der Waals surface area contributed by atoms with Crippen LogP contribution < -0.4 is 5.32 Å². The molecule has 6 heteroatoms. The van der Waals surface area contributed by atoms with E-state index >= 15 is 0 Å². The van der Waals surface area contributed by atoms with Crippen LogP contribution in [0, 0.1) is 5.92 Å². The normalized spacial score (nSPS) is 16.0. The number of carbonyl (C=O) groups is 2. The van der Waals surface area contributed by atoms with Gasteiger partial charge in [-0.25, -0.2) is 9.59 Å². The Balaban J connectivity index is 1.67. The molecule has 166 valence electrons. The van der Waals surface area contributed by atoms with E-state index in [9.17, 15) is 14.7 Å². The quantitative estimate of drug-likeness (QED) is 0.664. The van der Waals surface area contributed by atoms with E-state index in [4.69, 9.17) is 9.47 Å². The smallest absolute Gasteiger partial charge is 0.407 e. The Morgan fingerprint density at radius 1 is 1.00 bits per heavy atom. The van der Waals surface area contributed by atoms with Crippen LogP contribution in [0.4, 0.5) is 4.79 Å². The average Bonchev–Trinajstić information content (AvgIpc) is 3.02. The summed E-state index contributed by atoms with van der Waals surface area (Å²) in [5.74, 6) is -1.65.